The maximum absolute atomic E-state index is 12.7. The molecule has 7 heteroatoms. The molecule has 4 nitrogen and oxygen atoms in total. The van der Waals surface area contributed by atoms with Gasteiger partial charge in [0, 0.05) is 18.0 Å². The third kappa shape index (κ3) is 2.20. The summed E-state index contributed by atoms with van der Waals surface area (Å²) in [5, 5.41) is 3.70. The number of nitrogens with two attached hydrogens (primary N) is 1. The largest absolute Gasteiger partial charge is 0.418 e. The molecule has 0 aliphatic rings. The van der Waals surface area contributed by atoms with E-state index in [-0.39, 0.29) is 5.69 Å². The van der Waals surface area contributed by atoms with Crippen LogP contribution in [0.25, 0.3) is 5.69 Å². The zero-order chi connectivity index (χ0) is 13.3. The van der Waals surface area contributed by atoms with Gasteiger partial charge < -0.3 is 5.73 Å². The molecule has 1 heterocycles. The van der Waals surface area contributed by atoms with Gasteiger partial charge in [0.2, 0.25) is 0 Å². The summed E-state index contributed by atoms with van der Waals surface area (Å²) in [4.78, 5) is 11.5. The first-order valence-electron chi connectivity index (χ1n) is 4.91. The van der Waals surface area contributed by atoms with Gasteiger partial charge in [-0.2, -0.15) is 23.0 Å². The minimum Gasteiger partial charge on any atom is -0.398 e. The van der Waals surface area contributed by atoms with E-state index in [1.54, 1.807) is 0 Å². The second kappa shape index (κ2) is 4.17. The van der Waals surface area contributed by atoms with E-state index in [0.29, 0.717) is 0 Å². The van der Waals surface area contributed by atoms with Crippen molar-refractivity contribution < 1.29 is 13.2 Å². The van der Waals surface area contributed by atoms with Crippen LogP contribution in [0.3, 0.4) is 0 Å². The molecule has 94 valence electrons. The van der Waals surface area contributed by atoms with Crippen LogP contribution in [-0.4, -0.2) is 9.78 Å². The maximum Gasteiger partial charge on any atom is 0.418 e. The predicted molar refractivity (Wildman–Crippen MR) is 59.2 cm³/mol. The summed E-state index contributed by atoms with van der Waals surface area (Å²) in [6.07, 6.45) is -3.26. The predicted octanol–water partition coefficient (Wildman–Crippen LogP) is 1.83. The molecule has 0 fully saturated rings. The van der Waals surface area contributed by atoms with E-state index in [2.05, 4.69) is 5.10 Å². The molecule has 18 heavy (non-hydrogen) atoms. The second-order valence-electron chi connectivity index (χ2n) is 3.54. The van der Waals surface area contributed by atoms with Crippen molar-refractivity contribution in [3.63, 3.8) is 0 Å². The highest BCUT2D eigenvalue weighted by Crippen LogP contribution is 2.34. The molecule has 0 bridgehead atoms. The Labute approximate surface area is 99.5 Å². The average Bonchev–Trinajstić information content (AvgIpc) is 2.29. The Hall–Kier alpha value is -2.31. The van der Waals surface area contributed by atoms with Gasteiger partial charge in [-0.3, -0.25) is 4.79 Å². The Balaban J connectivity index is 2.62. The lowest BCUT2D eigenvalue weighted by Crippen LogP contribution is -2.20. The van der Waals surface area contributed by atoms with Gasteiger partial charge >= 0.3 is 6.18 Å². The lowest BCUT2D eigenvalue weighted by atomic mass is 10.1. The fourth-order valence-corrected chi connectivity index (χ4v) is 1.47. The van der Waals surface area contributed by atoms with Crippen molar-refractivity contribution in [2.75, 3.05) is 5.73 Å². The Morgan fingerprint density at radius 1 is 1.22 bits per heavy atom. The summed E-state index contributed by atoms with van der Waals surface area (Å²) in [5.74, 6) is 0. The monoisotopic (exact) mass is 255 g/mol. The molecule has 0 aliphatic carbocycles. The standard InChI is InChI=1S/C11H8F3N3O/c12-11(13,14)8-6-7(3-4-9(8)15)17-10(18)2-1-5-16-17/h1-6H,15H2. The first-order valence-corrected chi connectivity index (χ1v) is 4.91. The van der Waals surface area contributed by atoms with Crippen LogP contribution >= 0.6 is 0 Å². The van der Waals surface area contributed by atoms with Gasteiger partial charge in [-0.25, -0.2) is 0 Å². The third-order valence-electron chi connectivity index (χ3n) is 2.30. The molecule has 2 rings (SSSR count). The van der Waals surface area contributed by atoms with Gasteiger partial charge in [-0.15, -0.1) is 0 Å². The Morgan fingerprint density at radius 2 is 1.94 bits per heavy atom. The van der Waals surface area contributed by atoms with Gasteiger partial charge in [0.05, 0.1) is 11.3 Å². The summed E-state index contributed by atoms with van der Waals surface area (Å²) < 4.78 is 38.8. The van der Waals surface area contributed by atoms with Crippen LogP contribution in [0, 0.1) is 0 Å². The lowest BCUT2D eigenvalue weighted by Gasteiger charge is -2.12. The Bertz CT molecular complexity index is 634. The number of rotatable bonds is 1. The summed E-state index contributed by atoms with van der Waals surface area (Å²) in [7, 11) is 0. The van der Waals surface area contributed by atoms with Gasteiger partial charge in [-0.1, -0.05) is 0 Å². The van der Waals surface area contributed by atoms with Gasteiger partial charge in [-0.05, 0) is 24.3 Å². The molecule has 2 N–H and O–H groups in total. The molecular formula is C11H8F3N3O. The van der Waals surface area contributed by atoms with Crippen molar-refractivity contribution in [3.05, 3.63) is 52.4 Å². The van der Waals surface area contributed by atoms with Crippen LogP contribution in [-0.2, 0) is 6.18 Å². The van der Waals surface area contributed by atoms with E-state index < -0.39 is 23.0 Å². The van der Waals surface area contributed by atoms with E-state index in [1.165, 1.54) is 24.4 Å². The SMILES string of the molecule is Nc1ccc(-n2ncccc2=O)cc1C(F)(F)F. The molecule has 0 unspecified atom stereocenters. The lowest BCUT2D eigenvalue weighted by molar-refractivity contribution is -0.136. The summed E-state index contributed by atoms with van der Waals surface area (Å²) in [5.41, 5.74) is 3.38. The molecule has 1 aromatic carbocycles. The minimum atomic E-state index is -4.57. The van der Waals surface area contributed by atoms with Crippen LogP contribution in [0.15, 0.2) is 41.3 Å². The number of aromatic nitrogens is 2. The van der Waals surface area contributed by atoms with Crippen molar-refractivity contribution in [3.8, 4) is 5.69 Å². The first kappa shape index (κ1) is 12.2. The number of alkyl halides is 3. The fraction of sp³-hybridized carbons (Fsp3) is 0.0909. The highest BCUT2D eigenvalue weighted by atomic mass is 19.4. The van der Waals surface area contributed by atoms with E-state index in [1.807, 2.05) is 0 Å². The molecule has 0 spiro atoms. The normalized spacial score (nSPS) is 11.5. The zero-order valence-electron chi connectivity index (χ0n) is 8.98. The Morgan fingerprint density at radius 3 is 2.56 bits per heavy atom. The van der Waals surface area contributed by atoms with Crippen LogP contribution in [0.5, 0.6) is 0 Å². The summed E-state index contributed by atoms with van der Waals surface area (Å²) in [6, 6.07) is 5.80. The minimum absolute atomic E-state index is 0.0159. The van der Waals surface area contributed by atoms with Gasteiger partial charge in [0.25, 0.3) is 5.56 Å². The van der Waals surface area contributed by atoms with Crippen LogP contribution in [0.1, 0.15) is 5.56 Å². The molecule has 1 aromatic heterocycles. The number of benzene rings is 1. The number of anilines is 1. The highest BCUT2D eigenvalue weighted by Gasteiger charge is 2.33. The molecule has 0 aliphatic heterocycles. The number of nitrogens with zero attached hydrogens (tertiary/aromatic N) is 2. The Kier molecular flexibility index (Phi) is 2.82. The fourth-order valence-electron chi connectivity index (χ4n) is 1.47. The van der Waals surface area contributed by atoms with Crippen molar-refractivity contribution in [2.45, 2.75) is 6.18 Å². The van der Waals surface area contributed by atoms with Crippen LogP contribution in [0.2, 0.25) is 0 Å². The van der Waals surface area contributed by atoms with Crippen LogP contribution in [0.4, 0.5) is 18.9 Å². The molecule has 2 aromatic rings. The quantitative estimate of drug-likeness (QED) is 0.791. The second-order valence-corrected chi connectivity index (χ2v) is 3.54. The summed E-state index contributed by atoms with van der Waals surface area (Å²) >= 11 is 0. The molecule has 0 saturated heterocycles. The third-order valence-corrected chi connectivity index (χ3v) is 2.30. The molecule has 0 amide bonds. The topological polar surface area (TPSA) is 60.9 Å². The van der Waals surface area contributed by atoms with E-state index in [9.17, 15) is 18.0 Å². The van der Waals surface area contributed by atoms with Gasteiger partial charge in [0.15, 0.2) is 0 Å². The molecule has 0 atom stereocenters. The van der Waals surface area contributed by atoms with Crippen molar-refractivity contribution in [1.82, 2.24) is 9.78 Å². The molecular weight excluding hydrogens is 247 g/mol. The highest BCUT2D eigenvalue weighted by molar-refractivity contribution is 5.53. The first-order chi connectivity index (χ1) is 8.39. The van der Waals surface area contributed by atoms with Crippen molar-refractivity contribution in [2.24, 2.45) is 0 Å². The summed E-state index contributed by atoms with van der Waals surface area (Å²) in [6.45, 7) is 0. The van der Waals surface area contributed by atoms with E-state index in [0.717, 1.165) is 16.8 Å². The molecule has 0 radical (unpaired) electrons. The number of nitrogen functional groups attached to an aromatic ring is 1. The van der Waals surface area contributed by atoms with Gasteiger partial charge in [0.1, 0.15) is 0 Å². The smallest absolute Gasteiger partial charge is 0.398 e. The zero-order valence-corrected chi connectivity index (χ0v) is 8.98. The van der Waals surface area contributed by atoms with Crippen molar-refractivity contribution >= 4 is 5.69 Å². The molecule has 0 saturated carbocycles. The maximum atomic E-state index is 12.7. The van der Waals surface area contributed by atoms with E-state index >= 15 is 0 Å². The van der Waals surface area contributed by atoms with Crippen molar-refractivity contribution in [1.29, 1.82) is 0 Å². The number of hydrogen-bond acceptors (Lipinski definition) is 3. The van der Waals surface area contributed by atoms with Crippen LogP contribution < -0.4 is 11.3 Å². The number of halogens is 3. The average molecular weight is 255 g/mol. The van der Waals surface area contributed by atoms with E-state index in [4.69, 9.17) is 5.73 Å². The number of hydrogen-bond donors (Lipinski definition) is 1.